The standard InChI is InChI=1S/C49H56N10O3/c1-55-41(29-43-42(14-19-50-47(43)55)37-6-11-44-38(28-37)30-51-54-44)32-56-20-17-35(18-21-56)34-2-4-36(5-3-34)49(62)59-22-15-33(16-23-59)31-57-24-26-58(27-25-57)40-9-7-39(8-10-40)52-45-12-13-46(60)53-48(45)61/h2-11,14,19,28-30,33,35,45,52H,12-13,15-18,20-27,31-32H2,1H3,(H,51,54)(H,53,60,61). The Kier molecular flexibility index (Phi) is 11.2. The summed E-state index contributed by atoms with van der Waals surface area (Å²) in [7, 11) is 2.13. The first-order chi connectivity index (χ1) is 30.3. The van der Waals surface area contributed by atoms with Crippen molar-refractivity contribution in [3.8, 4) is 11.1 Å². The molecule has 0 bridgehead atoms. The molecule has 4 fully saturated rings. The van der Waals surface area contributed by atoms with E-state index in [1.165, 1.54) is 33.5 Å². The summed E-state index contributed by atoms with van der Waals surface area (Å²) < 4.78 is 2.25. The van der Waals surface area contributed by atoms with E-state index in [2.05, 4.69) is 119 Å². The zero-order valence-electron chi connectivity index (χ0n) is 35.6. The quantitative estimate of drug-likeness (QED) is 0.134. The van der Waals surface area contributed by atoms with Crippen molar-refractivity contribution in [2.24, 2.45) is 13.0 Å². The van der Waals surface area contributed by atoms with Crippen LogP contribution < -0.4 is 15.5 Å². The maximum absolute atomic E-state index is 13.6. The molecule has 13 heteroatoms. The van der Waals surface area contributed by atoms with Crippen LogP contribution in [0.3, 0.4) is 0 Å². The lowest BCUT2D eigenvalue weighted by Gasteiger charge is -2.39. The van der Waals surface area contributed by atoms with Gasteiger partial charge in [0.15, 0.2) is 0 Å². The first-order valence-electron chi connectivity index (χ1n) is 22.5. The minimum atomic E-state index is -0.377. The number of H-pyrrole nitrogens is 1. The van der Waals surface area contributed by atoms with Crippen molar-refractivity contribution in [2.75, 3.05) is 69.1 Å². The number of pyridine rings is 1. The summed E-state index contributed by atoms with van der Waals surface area (Å²) in [4.78, 5) is 51.6. The number of anilines is 2. The lowest BCUT2D eigenvalue weighted by atomic mass is 9.88. The molecule has 0 spiro atoms. The van der Waals surface area contributed by atoms with Gasteiger partial charge >= 0.3 is 0 Å². The van der Waals surface area contributed by atoms with Gasteiger partial charge in [-0.25, -0.2) is 4.98 Å². The van der Waals surface area contributed by atoms with Gasteiger partial charge in [-0.3, -0.25) is 34.6 Å². The minimum Gasteiger partial charge on any atom is -0.374 e. The molecule has 0 saturated carbocycles. The van der Waals surface area contributed by atoms with Crippen LogP contribution >= 0.6 is 0 Å². The molecule has 4 aliphatic rings. The van der Waals surface area contributed by atoms with Crippen LogP contribution in [-0.2, 0) is 23.2 Å². The lowest BCUT2D eigenvalue weighted by Crippen LogP contribution is -2.49. The number of rotatable bonds is 10. The molecule has 3 aromatic carbocycles. The molecule has 0 aliphatic carbocycles. The summed E-state index contributed by atoms with van der Waals surface area (Å²) in [5, 5.41) is 15.2. The Morgan fingerprint density at radius 3 is 2.34 bits per heavy atom. The van der Waals surface area contributed by atoms with Crippen LogP contribution in [0.25, 0.3) is 33.1 Å². The monoisotopic (exact) mass is 832 g/mol. The molecule has 3 aromatic heterocycles. The molecule has 3 amide bonds. The third-order valence-electron chi connectivity index (χ3n) is 14.0. The number of hydrogen-bond acceptors (Lipinski definition) is 9. The van der Waals surface area contributed by atoms with Gasteiger partial charge in [-0.05, 0) is 134 Å². The number of carbonyl (C=O) groups excluding carboxylic acids is 3. The topological polar surface area (TPSA) is 135 Å². The van der Waals surface area contributed by atoms with Crippen LogP contribution in [0, 0.1) is 5.92 Å². The SMILES string of the molecule is Cn1c(CN2CCC(c3ccc(C(=O)N4CCC(CN5CCN(c6ccc(NC7CCC(=O)NC7=O)cc6)CC5)CC4)cc3)CC2)cc2c(-c3ccc4[nH]ncc4c3)ccnc21. The molecule has 6 aromatic rings. The summed E-state index contributed by atoms with van der Waals surface area (Å²) in [5.74, 6) is 0.810. The minimum absolute atomic E-state index is 0.159. The zero-order chi connectivity index (χ0) is 42.2. The maximum atomic E-state index is 13.6. The molecule has 10 rings (SSSR count). The normalized spacial score (nSPS) is 20.0. The van der Waals surface area contributed by atoms with Crippen LogP contribution in [0.2, 0.25) is 0 Å². The molecule has 62 heavy (non-hydrogen) atoms. The zero-order valence-corrected chi connectivity index (χ0v) is 35.6. The number of nitrogens with one attached hydrogen (secondary N) is 3. The highest BCUT2D eigenvalue weighted by Crippen LogP contribution is 2.34. The molecule has 7 heterocycles. The van der Waals surface area contributed by atoms with Crippen LogP contribution in [0.5, 0.6) is 0 Å². The third-order valence-corrected chi connectivity index (χ3v) is 14.0. The Morgan fingerprint density at radius 2 is 1.58 bits per heavy atom. The van der Waals surface area contributed by atoms with E-state index in [-0.39, 0.29) is 23.8 Å². The third kappa shape index (κ3) is 8.43. The van der Waals surface area contributed by atoms with Crippen molar-refractivity contribution in [3.05, 3.63) is 108 Å². The number of likely N-dealkylation sites (tertiary alicyclic amines) is 2. The number of aryl methyl sites for hydroxylation is 1. The van der Waals surface area contributed by atoms with Gasteiger partial charge in [0.25, 0.3) is 5.91 Å². The fourth-order valence-corrected chi connectivity index (χ4v) is 10.2. The van der Waals surface area contributed by atoms with Crippen molar-refractivity contribution >= 4 is 51.0 Å². The second-order valence-corrected chi connectivity index (χ2v) is 17.9. The van der Waals surface area contributed by atoms with Crippen LogP contribution in [0.4, 0.5) is 11.4 Å². The van der Waals surface area contributed by atoms with Gasteiger partial charge in [0.2, 0.25) is 11.8 Å². The van der Waals surface area contributed by atoms with Crippen molar-refractivity contribution < 1.29 is 14.4 Å². The van der Waals surface area contributed by atoms with Crippen LogP contribution in [0.15, 0.2) is 91.3 Å². The van der Waals surface area contributed by atoms with Crippen LogP contribution in [-0.4, -0.2) is 117 Å². The Bertz CT molecular complexity index is 2560. The first kappa shape index (κ1) is 40.0. The van der Waals surface area contributed by atoms with E-state index in [4.69, 9.17) is 4.98 Å². The second-order valence-electron chi connectivity index (χ2n) is 17.9. The summed E-state index contributed by atoms with van der Waals surface area (Å²) in [6.45, 7) is 9.69. The van der Waals surface area contributed by atoms with Crippen molar-refractivity contribution in [2.45, 2.75) is 57.0 Å². The Hall–Kier alpha value is -6.05. The van der Waals surface area contributed by atoms with Gasteiger partial charge in [0, 0.05) is 105 Å². The number of carbonyl (C=O) groups is 3. The first-order valence-corrected chi connectivity index (χ1v) is 22.5. The van der Waals surface area contributed by atoms with E-state index >= 15 is 0 Å². The highest BCUT2D eigenvalue weighted by atomic mass is 16.2. The van der Waals surface area contributed by atoms with Gasteiger partial charge in [-0.2, -0.15) is 5.10 Å². The molecule has 4 saturated heterocycles. The molecule has 13 nitrogen and oxygen atoms in total. The number of benzene rings is 3. The number of nitrogens with zero attached hydrogens (tertiary/aromatic N) is 7. The lowest BCUT2D eigenvalue weighted by molar-refractivity contribution is -0.133. The predicted octanol–water partition coefficient (Wildman–Crippen LogP) is 6.39. The number of hydrogen-bond donors (Lipinski definition) is 3. The molecule has 1 atom stereocenters. The van der Waals surface area contributed by atoms with Gasteiger partial charge in [0.1, 0.15) is 11.7 Å². The maximum Gasteiger partial charge on any atom is 0.253 e. The summed E-state index contributed by atoms with van der Waals surface area (Å²) in [5.41, 5.74) is 9.90. The number of fused-ring (bicyclic) bond motifs is 2. The van der Waals surface area contributed by atoms with Gasteiger partial charge < -0.3 is 19.7 Å². The van der Waals surface area contributed by atoms with Crippen molar-refractivity contribution in [3.63, 3.8) is 0 Å². The summed E-state index contributed by atoms with van der Waals surface area (Å²) in [6, 6.07) is 27.3. The summed E-state index contributed by atoms with van der Waals surface area (Å²) in [6.07, 6.45) is 8.96. The van der Waals surface area contributed by atoms with E-state index < -0.39 is 0 Å². The molecule has 0 radical (unpaired) electrons. The van der Waals surface area contributed by atoms with E-state index in [0.29, 0.717) is 24.7 Å². The average molecular weight is 833 g/mol. The Morgan fingerprint density at radius 1 is 0.806 bits per heavy atom. The highest BCUT2D eigenvalue weighted by molar-refractivity contribution is 6.01. The smallest absolute Gasteiger partial charge is 0.253 e. The number of amides is 3. The van der Waals surface area contributed by atoms with Gasteiger partial charge in [0.05, 0.1) is 11.7 Å². The fraction of sp³-hybridized carbons (Fsp3) is 0.408. The number of imide groups is 1. The molecule has 1 unspecified atom stereocenters. The summed E-state index contributed by atoms with van der Waals surface area (Å²) >= 11 is 0. The van der Waals surface area contributed by atoms with Crippen LogP contribution in [0.1, 0.15) is 66.1 Å². The van der Waals surface area contributed by atoms with E-state index in [1.54, 1.807) is 0 Å². The predicted molar refractivity (Wildman–Crippen MR) is 243 cm³/mol. The van der Waals surface area contributed by atoms with Gasteiger partial charge in [-0.1, -0.05) is 18.2 Å². The second kappa shape index (κ2) is 17.4. The van der Waals surface area contributed by atoms with Crippen molar-refractivity contribution in [1.82, 2.24) is 39.8 Å². The number of aromatic nitrogens is 4. The van der Waals surface area contributed by atoms with E-state index in [9.17, 15) is 14.4 Å². The Balaban J connectivity index is 0.659. The number of aromatic amines is 1. The fourth-order valence-electron chi connectivity index (χ4n) is 10.2. The molecule has 320 valence electrons. The highest BCUT2D eigenvalue weighted by Gasteiger charge is 2.29. The average Bonchev–Trinajstić information content (AvgIpc) is 3.91. The Labute approximate surface area is 362 Å². The molecular weight excluding hydrogens is 777 g/mol. The number of piperazine rings is 1. The molecule has 3 N–H and O–H groups in total. The van der Waals surface area contributed by atoms with E-state index in [1.807, 2.05) is 24.5 Å². The molecule has 4 aliphatic heterocycles. The number of piperidine rings is 3. The largest absolute Gasteiger partial charge is 0.374 e. The molecular formula is C49H56N10O3. The van der Waals surface area contributed by atoms with E-state index in [0.717, 1.165) is 119 Å². The van der Waals surface area contributed by atoms with Gasteiger partial charge in [-0.15, -0.1) is 0 Å². The van der Waals surface area contributed by atoms with Crippen molar-refractivity contribution in [1.29, 1.82) is 0 Å².